The number of hydrogen-bond donors (Lipinski definition) is 2. The lowest BCUT2D eigenvalue weighted by molar-refractivity contribution is -0.116. The van der Waals surface area contributed by atoms with Crippen LogP contribution in [-0.2, 0) is 4.79 Å². The predicted molar refractivity (Wildman–Crippen MR) is 126 cm³/mol. The highest BCUT2D eigenvalue weighted by atomic mass is 16.5. The first-order valence-corrected chi connectivity index (χ1v) is 10.8. The standard InChI is InChI=1S/C27H26N2O3/c1-31-24-13-12-18(16-25(24)32-2)19-14-22-26(23(30)15-19)27(17-8-4-3-5-9-17)29-21-11-7-6-10-20(21)28-22/h3-13,16,19,27-29H,14-15H2,1-2H3. The van der Waals surface area contributed by atoms with Crippen molar-refractivity contribution in [3.63, 3.8) is 0 Å². The molecule has 0 radical (unpaired) electrons. The molecule has 0 aromatic heterocycles. The van der Waals surface area contributed by atoms with E-state index in [9.17, 15) is 4.79 Å². The minimum absolute atomic E-state index is 0.0650. The maximum atomic E-state index is 13.6. The molecular formula is C27H26N2O3. The van der Waals surface area contributed by atoms with Crippen LogP contribution in [-0.4, -0.2) is 20.0 Å². The smallest absolute Gasteiger partial charge is 0.163 e. The average Bonchev–Trinajstić information content (AvgIpc) is 3.01. The van der Waals surface area contributed by atoms with E-state index in [0.29, 0.717) is 17.9 Å². The zero-order chi connectivity index (χ0) is 22.1. The van der Waals surface area contributed by atoms with Gasteiger partial charge in [-0.3, -0.25) is 4.79 Å². The van der Waals surface area contributed by atoms with Crippen molar-refractivity contribution < 1.29 is 14.3 Å². The molecule has 32 heavy (non-hydrogen) atoms. The molecule has 2 N–H and O–H groups in total. The molecule has 2 atom stereocenters. The molecule has 5 nitrogen and oxygen atoms in total. The highest BCUT2D eigenvalue weighted by molar-refractivity contribution is 6.01. The summed E-state index contributed by atoms with van der Waals surface area (Å²) < 4.78 is 10.9. The van der Waals surface area contributed by atoms with E-state index in [-0.39, 0.29) is 17.7 Å². The largest absolute Gasteiger partial charge is 0.493 e. The van der Waals surface area contributed by atoms with Gasteiger partial charge in [-0.15, -0.1) is 0 Å². The van der Waals surface area contributed by atoms with E-state index < -0.39 is 0 Å². The molecule has 1 heterocycles. The lowest BCUT2D eigenvalue weighted by Gasteiger charge is -2.30. The lowest BCUT2D eigenvalue weighted by atomic mass is 9.78. The predicted octanol–water partition coefficient (Wildman–Crippen LogP) is 5.68. The summed E-state index contributed by atoms with van der Waals surface area (Å²) in [5, 5.41) is 7.20. The van der Waals surface area contributed by atoms with Crippen molar-refractivity contribution in [2.24, 2.45) is 0 Å². The van der Waals surface area contributed by atoms with Gasteiger partial charge < -0.3 is 20.1 Å². The number of carbonyl (C=O) groups is 1. The summed E-state index contributed by atoms with van der Waals surface area (Å²) in [5.74, 6) is 1.59. The number of nitrogens with one attached hydrogen (secondary N) is 2. The van der Waals surface area contributed by atoms with Crippen molar-refractivity contribution in [1.82, 2.24) is 0 Å². The van der Waals surface area contributed by atoms with E-state index in [1.807, 2.05) is 60.7 Å². The molecule has 2 unspecified atom stereocenters. The molecule has 3 aromatic carbocycles. The molecule has 0 amide bonds. The SMILES string of the molecule is COc1ccc(C2CC(=O)C3=C(C2)Nc2ccccc2NC3c2ccccc2)cc1OC. The molecule has 1 aliphatic carbocycles. The molecule has 5 heteroatoms. The summed E-state index contributed by atoms with van der Waals surface area (Å²) in [6.07, 6.45) is 1.20. The number of Topliss-reactive ketones (excluding diaryl/α,β-unsaturated/α-hetero) is 1. The van der Waals surface area contributed by atoms with Crippen molar-refractivity contribution in [1.29, 1.82) is 0 Å². The Hall–Kier alpha value is -3.73. The number of ketones is 1. The van der Waals surface area contributed by atoms with Crippen LogP contribution in [0.1, 0.15) is 35.9 Å². The number of methoxy groups -OCH3 is 2. The topological polar surface area (TPSA) is 59.6 Å². The van der Waals surface area contributed by atoms with Crippen LogP contribution >= 0.6 is 0 Å². The second-order valence-electron chi connectivity index (χ2n) is 8.19. The molecule has 3 aromatic rings. The van der Waals surface area contributed by atoms with E-state index >= 15 is 0 Å². The number of ether oxygens (including phenoxy) is 2. The summed E-state index contributed by atoms with van der Waals surface area (Å²) in [5.41, 5.74) is 5.93. The van der Waals surface area contributed by atoms with Crippen LogP contribution in [0.15, 0.2) is 84.1 Å². The van der Waals surface area contributed by atoms with Crippen molar-refractivity contribution in [2.75, 3.05) is 24.9 Å². The molecule has 162 valence electrons. The fraction of sp³-hybridized carbons (Fsp3) is 0.222. The van der Waals surface area contributed by atoms with Gasteiger partial charge in [-0.1, -0.05) is 48.5 Å². The van der Waals surface area contributed by atoms with Gasteiger partial charge in [0.15, 0.2) is 17.3 Å². The third kappa shape index (κ3) is 3.60. The van der Waals surface area contributed by atoms with E-state index in [1.54, 1.807) is 14.2 Å². The molecule has 0 fully saturated rings. The number of rotatable bonds is 4. The van der Waals surface area contributed by atoms with Crippen LogP contribution in [0.3, 0.4) is 0 Å². The Morgan fingerprint density at radius 1 is 0.781 bits per heavy atom. The monoisotopic (exact) mass is 426 g/mol. The van der Waals surface area contributed by atoms with Crippen molar-refractivity contribution in [3.05, 3.63) is 95.2 Å². The van der Waals surface area contributed by atoms with Crippen LogP contribution in [0, 0.1) is 0 Å². The summed E-state index contributed by atoms with van der Waals surface area (Å²) in [4.78, 5) is 13.6. The van der Waals surface area contributed by atoms with Gasteiger partial charge in [0.2, 0.25) is 0 Å². The molecule has 0 spiro atoms. The van der Waals surface area contributed by atoms with Crippen LogP contribution in [0.4, 0.5) is 11.4 Å². The Morgan fingerprint density at radius 2 is 1.50 bits per heavy atom. The maximum Gasteiger partial charge on any atom is 0.163 e. The Balaban J connectivity index is 1.57. The number of benzene rings is 3. The Bertz CT molecular complexity index is 1190. The summed E-state index contributed by atoms with van der Waals surface area (Å²) in [6, 6.07) is 24.0. The summed E-state index contributed by atoms with van der Waals surface area (Å²) in [6.45, 7) is 0. The third-order valence-electron chi connectivity index (χ3n) is 6.32. The molecule has 1 aliphatic heterocycles. The second kappa shape index (κ2) is 8.42. The Kier molecular flexibility index (Phi) is 5.31. The molecule has 2 aliphatic rings. The zero-order valence-electron chi connectivity index (χ0n) is 18.2. The molecule has 0 saturated carbocycles. The number of anilines is 2. The number of para-hydroxylation sites is 2. The normalized spacial score (nSPS) is 19.8. The van der Waals surface area contributed by atoms with E-state index in [0.717, 1.165) is 40.2 Å². The Morgan fingerprint density at radius 3 is 2.25 bits per heavy atom. The number of fused-ring (bicyclic) bond motifs is 1. The minimum atomic E-state index is -0.193. The van der Waals surface area contributed by atoms with Crippen LogP contribution in [0.25, 0.3) is 0 Å². The van der Waals surface area contributed by atoms with Crippen molar-refractivity contribution in [2.45, 2.75) is 24.8 Å². The average molecular weight is 427 g/mol. The van der Waals surface area contributed by atoms with Crippen molar-refractivity contribution >= 4 is 17.2 Å². The number of hydrogen-bond acceptors (Lipinski definition) is 5. The third-order valence-corrected chi connectivity index (χ3v) is 6.32. The Labute approximate surface area is 188 Å². The van der Waals surface area contributed by atoms with Gasteiger partial charge in [0, 0.05) is 17.7 Å². The quantitative estimate of drug-likeness (QED) is 0.562. The first kappa shape index (κ1) is 20.2. The first-order chi connectivity index (χ1) is 15.7. The highest BCUT2D eigenvalue weighted by Gasteiger charge is 2.36. The number of allylic oxidation sites excluding steroid dienone is 1. The molecule has 0 bridgehead atoms. The zero-order valence-corrected chi connectivity index (χ0v) is 18.2. The minimum Gasteiger partial charge on any atom is -0.493 e. The van der Waals surface area contributed by atoms with Gasteiger partial charge in [0.05, 0.1) is 31.6 Å². The van der Waals surface area contributed by atoms with Gasteiger partial charge in [0.25, 0.3) is 0 Å². The summed E-state index contributed by atoms with van der Waals surface area (Å²) >= 11 is 0. The van der Waals surface area contributed by atoms with Crippen LogP contribution in [0.5, 0.6) is 11.5 Å². The van der Waals surface area contributed by atoms with Gasteiger partial charge in [0.1, 0.15) is 0 Å². The van der Waals surface area contributed by atoms with E-state index in [4.69, 9.17) is 9.47 Å². The van der Waals surface area contributed by atoms with Gasteiger partial charge >= 0.3 is 0 Å². The van der Waals surface area contributed by atoms with Crippen LogP contribution in [0.2, 0.25) is 0 Å². The molecular weight excluding hydrogens is 400 g/mol. The van der Waals surface area contributed by atoms with Crippen LogP contribution < -0.4 is 20.1 Å². The van der Waals surface area contributed by atoms with E-state index in [1.165, 1.54) is 0 Å². The fourth-order valence-electron chi connectivity index (χ4n) is 4.73. The van der Waals surface area contributed by atoms with Crippen molar-refractivity contribution in [3.8, 4) is 11.5 Å². The summed E-state index contributed by atoms with van der Waals surface area (Å²) in [7, 11) is 3.26. The van der Waals surface area contributed by atoms with E-state index in [2.05, 4.69) is 22.8 Å². The van der Waals surface area contributed by atoms with Gasteiger partial charge in [-0.25, -0.2) is 0 Å². The lowest BCUT2D eigenvalue weighted by Crippen LogP contribution is -2.26. The highest BCUT2D eigenvalue weighted by Crippen LogP contribution is 2.45. The molecule has 0 saturated heterocycles. The second-order valence-corrected chi connectivity index (χ2v) is 8.19. The van der Waals surface area contributed by atoms with Gasteiger partial charge in [-0.2, -0.15) is 0 Å². The number of carbonyl (C=O) groups excluding carboxylic acids is 1. The maximum absolute atomic E-state index is 13.6. The fourth-order valence-corrected chi connectivity index (χ4v) is 4.73. The molecule has 5 rings (SSSR count). The van der Waals surface area contributed by atoms with Gasteiger partial charge in [-0.05, 0) is 47.7 Å². The first-order valence-electron chi connectivity index (χ1n) is 10.8.